The smallest absolute Gasteiger partial charge is 0.224 e. The van der Waals surface area contributed by atoms with E-state index >= 15 is 0 Å². The maximum atomic E-state index is 12.0. The van der Waals surface area contributed by atoms with Gasteiger partial charge in [0, 0.05) is 26.1 Å². The van der Waals surface area contributed by atoms with Crippen LogP contribution < -0.4 is 5.32 Å². The molecule has 0 spiro atoms. The average molecular weight is 333 g/mol. The van der Waals surface area contributed by atoms with Crippen molar-refractivity contribution < 1.29 is 4.79 Å². The zero-order valence-electron chi connectivity index (χ0n) is 14.3. The minimum atomic E-state index is 0.0837. The van der Waals surface area contributed by atoms with Crippen LogP contribution >= 0.6 is 0 Å². The predicted octanol–water partition coefficient (Wildman–Crippen LogP) is 2.70. The van der Waals surface area contributed by atoms with Crippen LogP contribution in [0.25, 0.3) is 16.7 Å². The highest BCUT2D eigenvalue weighted by atomic mass is 16.2. The lowest BCUT2D eigenvalue weighted by atomic mass is 10.0. The molecule has 126 valence electrons. The summed E-state index contributed by atoms with van der Waals surface area (Å²) >= 11 is 0. The summed E-state index contributed by atoms with van der Waals surface area (Å²) in [6.45, 7) is 2.67. The maximum absolute atomic E-state index is 12.0. The summed E-state index contributed by atoms with van der Waals surface area (Å²) in [5.74, 6) is 1.03. The van der Waals surface area contributed by atoms with Gasteiger partial charge < -0.3 is 10.2 Å². The second-order valence-electron chi connectivity index (χ2n) is 6.61. The average Bonchev–Trinajstić information content (AvgIpc) is 2.98. The summed E-state index contributed by atoms with van der Waals surface area (Å²) in [5.41, 5.74) is 3.93. The fourth-order valence-corrected chi connectivity index (χ4v) is 3.48. The van der Waals surface area contributed by atoms with Gasteiger partial charge in [-0.25, -0.2) is 4.98 Å². The Morgan fingerprint density at radius 2 is 2.16 bits per heavy atom. The van der Waals surface area contributed by atoms with Gasteiger partial charge in [0.15, 0.2) is 5.65 Å². The molecule has 1 aliphatic heterocycles. The number of nitriles is 1. The molecule has 4 rings (SSSR count). The van der Waals surface area contributed by atoms with Crippen molar-refractivity contribution in [3.05, 3.63) is 41.5 Å². The Morgan fingerprint density at radius 3 is 2.92 bits per heavy atom. The van der Waals surface area contributed by atoms with Crippen LogP contribution in [0, 0.1) is 18.3 Å². The first-order chi connectivity index (χ1) is 12.1. The SMILES string of the molecule is Cc1cc(NC2CCN(C)C(=O)C2)n2c(nc3ccccc32)c1C#N. The van der Waals surface area contributed by atoms with E-state index in [4.69, 9.17) is 0 Å². The molecule has 25 heavy (non-hydrogen) atoms. The Morgan fingerprint density at radius 1 is 1.36 bits per heavy atom. The second-order valence-corrected chi connectivity index (χ2v) is 6.61. The second kappa shape index (κ2) is 5.78. The first-order valence-electron chi connectivity index (χ1n) is 8.40. The number of pyridine rings is 1. The summed E-state index contributed by atoms with van der Waals surface area (Å²) in [4.78, 5) is 18.4. The molecule has 1 fully saturated rings. The van der Waals surface area contributed by atoms with Crippen molar-refractivity contribution in [2.45, 2.75) is 25.8 Å². The minimum Gasteiger partial charge on any atom is -0.368 e. The summed E-state index contributed by atoms with van der Waals surface area (Å²) in [7, 11) is 1.84. The quantitative estimate of drug-likeness (QED) is 0.782. The van der Waals surface area contributed by atoms with Crippen molar-refractivity contribution in [3.63, 3.8) is 0 Å². The third-order valence-corrected chi connectivity index (χ3v) is 4.90. The molecule has 0 bridgehead atoms. The summed E-state index contributed by atoms with van der Waals surface area (Å²) in [6, 6.07) is 12.2. The third-order valence-electron chi connectivity index (χ3n) is 4.90. The number of hydrogen-bond acceptors (Lipinski definition) is 4. The number of carbonyl (C=O) groups is 1. The summed E-state index contributed by atoms with van der Waals surface area (Å²) in [6.07, 6.45) is 1.37. The van der Waals surface area contributed by atoms with E-state index in [9.17, 15) is 10.1 Å². The number of aryl methyl sites for hydroxylation is 1. The number of nitrogens with zero attached hydrogens (tertiary/aromatic N) is 4. The van der Waals surface area contributed by atoms with Crippen LogP contribution in [-0.2, 0) is 4.79 Å². The van der Waals surface area contributed by atoms with Crippen molar-refractivity contribution >= 4 is 28.4 Å². The number of anilines is 1. The molecule has 1 aliphatic rings. The molecule has 0 aliphatic carbocycles. The molecule has 0 saturated carbocycles. The lowest BCUT2D eigenvalue weighted by molar-refractivity contribution is -0.132. The molecule has 1 aromatic carbocycles. The van der Waals surface area contributed by atoms with E-state index in [1.807, 2.05) is 48.7 Å². The van der Waals surface area contributed by atoms with Gasteiger partial charge in [-0.15, -0.1) is 0 Å². The van der Waals surface area contributed by atoms with Crippen LogP contribution in [0.5, 0.6) is 0 Å². The molecule has 1 saturated heterocycles. The number of imidazole rings is 1. The minimum absolute atomic E-state index is 0.0837. The van der Waals surface area contributed by atoms with E-state index < -0.39 is 0 Å². The number of carbonyl (C=O) groups excluding carboxylic acids is 1. The number of aromatic nitrogens is 2. The number of piperidine rings is 1. The fourth-order valence-electron chi connectivity index (χ4n) is 3.48. The molecule has 1 amide bonds. The fraction of sp³-hybridized carbons (Fsp3) is 0.316. The molecule has 1 unspecified atom stereocenters. The lowest BCUT2D eigenvalue weighted by Gasteiger charge is -2.30. The van der Waals surface area contributed by atoms with Crippen molar-refractivity contribution in [2.24, 2.45) is 0 Å². The number of fused-ring (bicyclic) bond motifs is 3. The van der Waals surface area contributed by atoms with Crippen molar-refractivity contribution in [2.75, 3.05) is 18.9 Å². The van der Waals surface area contributed by atoms with Gasteiger partial charge in [0.1, 0.15) is 11.9 Å². The highest BCUT2D eigenvalue weighted by molar-refractivity contribution is 5.85. The van der Waals surface area contributed by atoms with E-state index in [2.05, 4.69) is 16.4 Å². The number of hydrogen-bond donors (Lipinski definition) is 1. The van der Waals surface area contributed by atoms with Crippen LogP contribution in [0.4, 0.5) is 5.82 Å². The predicted molar refractivity (Wildman–Crippen MR) is 96.4 cm³/mol. The molecule has 3 aromatic rings. The topological polar surface area (TPSA) is 73.4 Å². The van der Waals surface area contributed by atoms with Crippen LogP contribution in [0.3, 0.4) is 0 Å². The van der Waals surface area contributed by atoms with Gasteiger partial charge in [0.2, 0.25) is 5.91 Å². The Bertz CT molecular complexity index is 1030. The number of likely N-dealkylation sites (tertiary alicyclic amines) is 1. The Hall–Kier alpha value is -3.07. The molecule has 3 heterocycles. The molecular weight excluding hydrogens is 314 g/mol. The van der Waals surface area contributed by atoms with Crippen molar-refractivity contribution in [1.29, 1.82) is 5.26 Å². The molecule has 0 radical (unpaired) electrons. The van der Waals surface area contributed by atoms with Crippen LogP contribution in [0.1, 0.15) is 24.0 Å². The monoisotopic (exact) mass is 333 g/mol. The van der Waals surface area contributed by atoms with E-state index in [0.29, 0.717) is 17.6 Å². The first kappa shape index (κ1) is 15.5. The molecule has 1 N–H and O–H groups in total. The van der Waals surface area contributed by atoms with E-state index in [1.54, 1.807) is 4.90 Å². The first-order valence-corrected chi connectivity index (χ1v) is 8.40. The van der Waals surface area contributed by atoms with Gasteiger partial charge in [0.05, 0.1) is 16.6 Å². The number of nitrogens with one attached hydrogen (secondary N) is 1. The van der Waals surface area contributed by atoms with Gasteiger partial charge >= 0.3 is 0 Å². The summed E-state index contributed by atoms with van der Waals surface area (Å²) in [5, 5.41) is 13.1. The maximum Gasteiger partial charge on any atom is 0.224 e. The number of amides is 1. The number of benzene rings is 1. The zero-order chi connectivity index (χ0) is 17.6. The van der Waals surface area contributed by atoms with Gasteiger partial charge in [-0.2, -0.15) is 5.26 Å². The molecular formula is C19H19N5O. The van der Waals surface area contributed by atoms with Gasteiger partial charge in [-0.05, 0) is 37.1 Å². The standard InChI is InChI=1S/C19H19N5O/c1-12-9-17(21-13-7-8-23(2)18(25)10-13)24-16-6-4-3-5-15(16)22-19(24)14(12)11-20/h3-6,9,13,21H,7-8,10H2,1-2H3. The van der Waals surface area contributed by atoms with Crippen LogP contribution in [0.2, 0.25) is 0 Å². The van der Waals surface area contributed by atoms with E-state index in [-0.39, 0.29) is 11.9 Å². The largest absolute Gasteiger partial charge is 0.368 e. The Balaban J connectivity index is 1.86. The highest BCUT2D eigenvalue weighted by Gasteiger charge is 2.24. The Labute approximate surface area is 145 Å². The number of rotatable bonds is 2. The van der Waals surface area contributed by atoms with E-state index in [0.717, 1.165) is 35.4 Å². The van der Waals surface area contributed by atoms with Gasteiger partial charge in [0.25, 0.3) is 0 Å². The van der Waals surface area contributed by atoms with Crippen molar-refractivity contribution in [3.8, 4) is 6.07 Å². The summed E-state index contributed by atoms with van der Waals surface area (Å²) < 4.78 is 1.99. The normalized spacial score (nSPS) is 17.9. The third kappa shape index (κ3) is 2.49. The molecule has 6 nitrogen and oxygen atoms in total. The molecule has 1 atom stereocenters. The zero-order valence-corrected chi connectivity index (χ0v) is 14.3. The van der Waals surface area contributed by atoms with Crippen LogP contribution in [0.15, 0.2) is 30.3 Å². The lowest BCUT2D eigenvalue weighted by Crippen LogP contribution is -2.41. The number of para-hydroxylation sites is 2. The molecule has 2 aromatic heterocycles. The van der Waals surface area contributed by atoms with Gasteiger partial charge in [-0.1, -0.05) is 12.1 Å². The Kier molecular flexibility index (Phi) is 3.57. The molecule has 6 heteroatoms. The van der Waals surface area contributed by atoms with Gasteiger partial charge in [-0.3, -0.25) is 9.20 Å². The van der Waals surface area contributed by atoms with Crippen LogP contribution in [-0.4, -0.2) is 39.8 Å². The van der Waals surface area contributed by atoms with Crippen molar-refractivity contribution in [1.82, 2.24) is 14.3 Å². The van der Waals surface area contributed by atoms with E-state index in [1.165, 1.54) is 0 Å². The highest BCUT2D eigenvalue weighted by Crippen LogP contribution is 2.28.